The lowest BCUT2D eigenvalue weighted by molar-refractivity contribution is -0.138. The molecule has 11 heteroatoms. The highest BCUT2D eigenvalue weighted by Crippen LogP contribution is 2.33. The molecule has 172 valence electrons. The van der Waals surface area contributed by atoms with Crippen molar-refractivity contribution in [2.24, 2.45) is 0 Å². The van der Waals surface area contributed by atoms with Crippen molar-refractivity contribution in [1.29, 1.82) is 0 Å². The van der Waals surface area contributed by atoms with Gasteiger partial charge in [0.2, 0.25) is 5.91 Å². The van der Waals surface area contributed by atoms with E-state index in [1.807, 2.05) is 19.9 Å². The van der Waals surface area contributed by atoms with Crippen LogP contribution in [0.2, 0.25) is 0 Å². The summed E-state index contributed by atoms with van der Waals surface area (Å²) in [7, 11) is 0. The Kier molecular flexibility index (Phi) is 5.64. The molecular weight excluding hydrogens is 435 g/mol. The molecule has 0 saturated carbocycles. The summed E-state index contributed by atoms with van der Waals surface area (Å²) in [5.41, 5.74) is 2.45. The number of nitrogens with one attached hydrogen (secondary N) is 1. The molecular formula is C22H22F3N7O. The number of carbonyl (C=O) groups is 1. The van der Waals surface area contributed by atoms with E-state index in [0.717, 1.165) is 23.1 Å². The number of halogens is 3. The topological polar surface area (TPSA) is 90.0 Å². The highest BCUT2D eigenvalue weighted by molar-refractivity contribution is 5.77. The third-order valence-electron chi connectivity index (χ3n) is 5.11. The Labute approximate surface area is 187 Å². The van der Waals surface area contributed by atoms with Crippen molar-refractivity contribution in [2.45, 2.75) is 46.8 Å². The van der Waals surface area contributed by atoms with Gasteiger partial charge >= 0.3 is 6.18 Å². The first kappa shape index (κ1) is 22.4. The van der Waals surface area contributed by atoms with Crippen LogP contribution in [0.25, 0.3) is 11.5 Å². The van der Waals surface area contributed by atoms with E-state index in [4.69, 9.17) is 0 Å². The van der Waals surface area contributed by atoms with Gasteiger partial charge < -0.3 is 5.32 Å². The minimum Gasteiger partial charge on any atom is -0.352 e. The van der Waals surface area contributed by atoms with E-state index in [1.165, 1.54) is 15.3 Å². The van der Waals surface area contributed by atoms with Gasteiger partial charge in [0, 0.05) is 23.6 Å². The quantitative estimate of drug-likeness (QED) is 0.496. The Morgan fingerprint density at radius 2 is 1.70 bits per heavy atom. The summed E-state index contributed by atoms with van der Waals surface area (Å²) in [5.74, 6) is 0.120. The lowest BCUT2D eigenvalue weighted by Crippen LogP contribution is -2.26. The van der Waals surface area contributed by atoms with Crippen LogP contribution in [-0.2, 0) is 23.9 Å². The zero-order valence-corrected chi connectivity index (χ0v) is 18.5. The third kappa shape index (κ3) is 4.71. The number of nitrogens with zero attached hydrogens (tertiary/aromatic N) is 6. The molecule has 0 aliphatic heterocycles. The molecule has 1 amide bonds. The number of hydrogen-bond donors (Lipinski definition) is 1. The molecule has 1 N–H and O–H groups in total. The van der Waals surface area contributed by atoms with Crippen molar-refractivity contribution >= 4 is 11.7 Å². The third-order valence-corrected chi connectivity index (χ3v) is 5.11. The van der Waals surface area contributed by atoms with Crippen molar-refractivity contribution in [2.75, 3.05) is 0 Å². The number of carbonyl (C=O) groups excluding carboxylic acids is 1. The summed E-state index contributed by atoms with van der Waals surface area (Å²) < 4.78 is 44.2. The molecule has 33 heavy (non-hydrogen) atoms. The number of amides is 1. The van der Waals surface area contributed by atoms with Crippen LogP contribution < -0.4 is 5.32 Å². The molecule has 0 bridgehead atoms. The summed E-state index contributed by atoms with van der Waals surface area (Å²) in [5, 5.41) is 11.0. The lowest BCUT2D eigenvalue weighted by atomic mass is 10.1. The molecule has 0 fully saturated rings. The van der Waals surface area contributed by atoms with Gasteiger partial charge in [-0.1, -0.05) is 6.07 Å². The van der Waals surface area contributed by atoms with E-state index in [-0.39, 0.29) is 24.4 Å². The first-order valence-corrected chi connectivity index (χ1v) is 10.2. The second kappa shape index (κ2) is 8.30. The number of benzene rings is 1. The minimum absolute atomic E-state index is 0.0442. The fourth-order valence-corrected chi connectivity index (χ4v) is 3.69. The van der Waals surface area contributed by atoms with E-state index >= 15 is 0 Å². The average molecular weight is 457 g/mol. The number of aryl methyl sites for hydroxylation is 4. The predicted molar refractivity (Wildman–Crippen MR) is 114 cm³/mol. The Balaban J connectivity index is 1.52. The second-order valence-electron chi connectivity index (χ2n) is 7.91. The Hall–Kier alpha value is -3.76. The van der Waals surface area contributed by atoms with Gasteiger partial charge in [0.15, 0.2) is 5.82 Å². The molecule has 0 aliphatic carbocycles. The van der Waals surface area contributed by atoms with Crippen LogP contribution in [-0.4, -0.2) is 35.3 Å². The molecule has 1 aromatic carbocycles. The van der Waals surface area contributed by atoms with Crippen molar-refractivity contribution in [3.8, 4) is 5.69 Å². The molecule has 0 spiro atoms. The highest BCUT2D eigenvalue weighted by Gasteiger charge is 2.34. The summed E-state index contributed by atoms with van der Waals surface area (Å²) >= 11 is 0. The fourth-order valence-electron chi connectivity index (χ4n) is 3.69. The first-order chi connectivity index (χ1) is 15.5. The molecule has 0 atom stereocenters. The highest BCUT2D eigenvalue weighted by atomic mass is 19.4. The molecule has 8 nitrogen and oxygen atoms in total. The first-order valence-electron chi connectivity index (χ1n) is 10.2. The SMILES string of the molecule is Cc1cc(C)n2nc(CC(=O)NCc3ccc(-n4nc(C)cc4C)cc3C(F)(F)F)nc2n1. The van der Waals surface area contributed by atoms with Crippen LogP contribution in [0.5, 0.6) is 0 Å². The van der Waals surface area contributed by atoms with Gasteiger partial charge in [0.1, 0.15) is 0 Å². The Bertz CT molecular complexity index is 1350. The number of fused-ring (bicyclic) bond motifs is 1. The van der Waals surface area contributed by atoms with E-state index in [1.54, 1.807) is 26.0 Å². The van der Waals surface area contributed by atoms with Gasteiger partial charge in [-0.15, -0.1) is 5.10 Å². The number of alkyl halides is 3. The van der Waals surface area contributed by atoms with Gasteiger partial charge in [0.25, 0.3) is 5.78 Å². The molecule has 0 unspecified atom stereocenters. The smallest absolute Gasteiger partial charge is 0.352 e. The lowest BCUT2D eigenvalue weighted by Gasteiger charge is -2.15. The monoisotopic (exact) mass is 457 g/mol. The zero-order chi connectivity index (χ0) is 23.9. The van der Waals surface area contributed by atoms with E-state index in [9.17, 15) is 18.0 Å². The van der Waals surface area contributed by atoms with Crippen molar-refractivity contribution in [3.63, 3.8) is 0 Å². The Morgan fingerprint density at radius 1 is 0.970 bits per heavy atom. The van der Waals surface area contributed by atoms with Crippen LogP contribution in [0.4, 0.5) is 13.2 Å². The predicted octanol–water partition coefficient (Wildman–Crippen LogP) is 3.42. The Morgan fingerprint density at radius 3 is 2.36 bits per heavy atom. The summed E-state index contributed by atoms with van der Waals surface area (Å²) in [6, 6.07) is 7.57. The molecule has 4 rings (SSSR count). The normalized spacial score (nSPS) is 11.8. The van der Waals surface area contributed by atoms with Gasteiger partial charge in [-0.05, 0) is 57.5 Å². The fraction of sp³-hybridized carbons (Fsp3) is 0.318. The molecule has 0 saturated heterocycles. The van der Waals surface area contributed by atoms with Gasteiger partial charge in [0.05, 0.1) is 23.4 Å². The average Bonchev–Trinajstić information content (AvgIpc) is 3.27. The summed E-state index contributed by atoms with van der Waals surface area (Å²) in [4.78, 5) is 20.9. The van der Waals surface area contributed by atoms with E-state index in [2.05, 4.69) is 25.5 Å². The summed E-state index contributed by atoms with van der Waals surface area (Å²) in [6.45, 7) is 6.93. The maximum atomic E-state index is 13.7. The molecule has 3 aromatic heterocycles. The largest absolute Gasteiger partial charge is 0.416 e. The zero-order valence-electron chi connectivity index (χ0n) is 18.5. The molecule has 3 heterocycles. The second-order valence-corrected chi connectivity index (χ2v) is 7.91. The van der Waals surface area contributed by atoms with Gasteiger partial charge in [-0.3, -0.25) is 4.79 Å². The molecule has 0 radical (unpaired) electrons. The molecule has 0 aliphatic rings. The number of rotatable bonds is 5. The van der Waals surface area contributed by atoms with Gasteiger partial charge in [-0.25, -0.2) is 14.2 Å². The van der Waals surface area contributed by atoms with Crippen LogP contribution in [0, 0.1) is 27.7 Å². The molecule has 4 aromatic rings. The van der Waals surface area contributed by atoms with Crippen molar-refractivity contribution < 1.29 is 18.0 Å². The standard InChI is InChI=1S/C22H22F3N7O/c1-12-7-15(4)32-21(27-12)28-19(30-32)10-20(33)26-11-16-5-6-17(9-18(16)22(23,24)25)31-14(3)8-13(2)29-31/h5-9H,10-11H2,1-4H3,(H,26,33). The van der Waals surface area contributed by atoms with E-state index in [0.29, 0.717) is 17.2 Å². The van der Waals surface area contributed by atoms with Crippen LogP contribution >= 0.6 is 0 Å². The van der Waals surface area contributed by atoms with Crippen LogP contribution in [0.3, 0.4) is 0 Å². The van der Waals surface area contributed by atoms with Crippen LogP contribution in [0.1, 0.15) is 39.7 Å². The summed E-state index contributed by atoms with van der Waals surface area (Å²) in [6.07, 6.45) is -4.76. The number of aromatic nitrogens is 6. The van der Waals surface area contributed by atoms with Crippen LogP contribution in [0.15, 0.2) is 30.3 Å². The maximum absolute atomic E-state index is 13.7. The van der Waals surface area contributed by atoms with E-state index < -0.39 is 17.6 Å². The van der Waals surface area contributed by atoms with Gasteiger partial charge in [-0.2, -0.15) is 23.3 Å². The van der Waals surface area contributed by atoms with Crippen molar-refractivity contribution in [1.82, 2.24) is 34.7 Å². The maximum Gasteiger partial charge on any atom is 0.416 e. The number of hydrogen-bond acceptors (Lipinski definition) is 5. The van der Waals surface area contributed by atoms with Crippen molar-refractivity contribution in [3.05, 3.63) is 70.1 Å². The minimum atomic E-state index is -4.59.